The predicted octanol–water partition coefficient (Wildman–Crippen LogP) is 2.57. The van der Waals surface area contributed by atoms with Crippen LogP contribution in [0.3, 0.4) is 0 Å². The molecule has 0 aliphatic heterocycles. The number of hydrogen-bond donors (Lipinski definition) is 2. The number of aryl methyl sites for hydroxylation is 1. The van der Waals surface area contributed by atoms with Gasteiger partial charge in [-0.15, -0.1) is 0 Å². The van der Waals surface area contributed by atoms with Crippen LogP contribution in [0.4, 0.5) is 0 Å². The van der Waals surface area contributed by atoms with Crippen molar-refractivity contribution in [3.8, 4) is 5.82 Å². The van der Waals surface area contributed by atoms with Crippen LogP contribution in [0.1, 0.15) is 67.1 Å². The van der Waals surface area contributed by atoms with Crippen molar-refractivity contribution in [2.24, 2.45) is 0 Å². The molecule has 0 atom stereocenters. The molecule has 0 spiro atoms. The van der Waals surface area contributed by atoms with Crippen molar-refractivity contribution >= 4 is 5.91 Å². The number of pyridine rings is 1. The van der Waals surface area contributed by atoms with Crippen LogP contribution in [0.15, 0.2) is 24.8 Å². The van der Waals surface area contributed by atoms with Crippen molar-refractivity contribution in [1.29, 1.82) is 0 Å². The van der Waals surface area contributed by atoms with Crippen LogP contribution >= 0.6 is 0 Å². The minimum absolute atomic E-state index is 0.0861. The SMILES string of the molecule is CCC1(O)CCC(NC(=O)c2nc(-n3ccnc3)cc3c2CCC3)CC1. The molecule has 2 aromatic heterocycles. The molecule has 2 aliphatic rings. The maximum absolute atomic E-state index is 13.0. The molecule has 0 aromatic carbocycles. The number of aliphatic hydroxyl groups is 1. The molecule has 6 nitrogen and oxygen atoms in total. The molecule has 0 radical (unpaired) electrons. The van der Waals surface area contributed by atoms with Crippen LogP contribution in [-0.2, 0) is 12.8 Å². The van der Waals surface area contributed by atoms with Gasteiger partial charge < -0.3 is 10.4 Å². The van der Waals surface area contributed by atoms with Gasteiger partial charge >= 0.3 is 0 Å². The largest absolute Gasteiger partial charge is 0.390 e. The molecule has 0 unspecified atom stereocenters. The number of aromatic nitrogens is 3. The van der Waals surface area contributed by atoms with E-state index in [0.717, 1.165) is 62.7 Å². The fourth-order valence-corrected chi connectivity index (χ4v) is 4.19. The van der Waals surface area contributed by atoms with Gasteiger partial charge in [-0.1, -0.05) is 6.92 Å². The van der Waals surface area contributed by atoms with Crippen molar-refractivity contribution in [3.05, 3.63) is 41.6 Å². The highest BCUT2D eigenvalue weighted by atomic mass is 16.3. The highest BCUT2D eigenvalue weighted by Gasteiger charge is 2.33. The van der Waals surface area contributed by atoms with E-state index < -0.39 is 5.60 Å². The van der Waals surface area contributed by atoms with Crippen LogP contribution in [0, 0.1) is 0 Å². The highest BCUT2D eigenvalue weighted by Crippen LogP contribution is 2.31. The Morgan fingerprint density at radius 2 is 2.19 bits per heavy atom. The van der Waals surface area contributed by atoms with E-state index in [0.29, 0.717) is 5.69 Å². The van der Waals surface area contributed by atoms with E-state index in [-0.39, 0.29) is 11.9 Å². The fourth-order valence-electron chi connectivity index (χ4n) is 4.19. The van der Waals surface area contributed by atoms with Gasteiger partial charge in [-0.25, -0.2) is 9.97 Å². The minimum Gasteiger partial charge on any atom is -0.390 e. The number of nitrogens with one attached hydrogen (secondary N) is 1. The van der Waals surface area contributed by atoms with Gasteiger partial charge in [0.25, 0.3) is 5.91 Å². The summed E-state index contributed by atoms with van der Waals surface area (Å²) >= 11 is 0. The zero-order chi connectivity index (χ0) is 18.1. The summed E-state index contributed by atoms with van der Waals surface area (Å²) in [5.74, 6) is 0.661. The Kier molecular flexibility index (Phi) is 4.53. The molecule has 1 saturated carbocycles. The maximum Gasteiger partial charge on any atom is 0.270 e. The van der Waals surface area contributed by atoms with E-state index in [1.54, 1.807) is 12.5 Å². The zero-order valence-corrected chi connectivity index (χ0v) is 15.2. The summed E-state index contributed by atoms with van der Waals surface area (Å²) in [4.78, 5) is 21.7. The number of nitrogens with zero attached hydrogens (tertiary/aromatic N) is 3. The van der Waals surface area contributed by atoms with Crippen molar-refractivity contribution in [2.45, 2.75) is 69.9 Å². The third-order valence-electron chi connectivity index (χ3n) is 5.97. The summed E-state index contributed by atoms with van der Waals surface area (Å²) in [6.45, 7) is 2.02. The second kappa shape index (κ2) is 6.83. The summed E-state index contributed by atoms with van der Waals surface area (Å²) in [5.41, 5.74) is 2.31. The molecular formula is C20H26N4O2. The molecule has 1 fully saturated rings. The van der Waals surface area contributed by atoms with Gasteiger partial charge in [0.1, 0.15) is 17.8 Å². The average Bonchev–Trinajstić information content (AvgIpc) is 3.34. The van der Waals surface area contributed by atoms with Crippen molar-refractivity contribution in [1.82, 2.24) is 19.9 Å². The van der Waals surface area contributed by atoms with Gasteiger partial charge in [-0.05, 0) is 68.6 Å². The summed E-state index contributed by atoms with van der Waals surface area (Å²) in [6, 6.07) is 2.19. The van der Waals surface area contributed by atoms with E-state index in [4.69, 9.17) is 0 Å². The minimum atomic E-state index is -0.554. The Balaban J connectivity index is 1.55. The Hall–Kier alpha value is -2.21. The van der Waals surface area contributed by atoms with Crippen LogP contribution in [-0.4, -0.2) is 37.2 Å². The normalized spacial score (nSPS) is 25.1. The van der Waals surface area contributed by atoms with Gasteiger partial charge in [-0.2, -0.15) is 0 Å². The number of imidazole rings is 1. The van der Waals surface area contributed by atoms with Gasteiger partial charge in [-0.3, -0.25) is 9.36 Å². The molecule has 0 bridgehead atoms. The molecule has 4 rings (SSSR count). The van der Waals surface area contributed by atoms with Crippen molar-refractivity contribution in [2.75, 3.05) is 0 Å². The molecule has 2 heterocycles. The van der Waals surface area contributed by atoms with E-state index in [9.17, 15) is 9.90 Å². The Morgan fingerprint density at radius 1 is 1.38 bits per heavy atom. The van der Waals surface area contributed by atoms with Gasteiger partial charge in [0, 0.05) is 18.4 Å². The molecule has 0 saturated heterocycles. The van der Waals surface area contributed by atoms with Crippen LogP contribution in [0.25, 0.3) is 5.82 Å². The first kappa shape index (κ1) is 17.2. The van der Waals surface area contributed by atoms with Crippen LogP contribution < -0.4 is 5.32 Å². The molecule has 6 heteroatoms. The fraction of sp³-hybridized carbons (Fsp3) is 0.550. The summed E-state index contributed by atoms with van der Waals surface area (Å²) in [7, 11) is 0. The molecule has 138 valence electrons. The third kappa shape index (κ3) is 3.26. The smallest absolute Gasteiger partial charge is 0.270 e. The first-order chi connectivity index (χ1) is 12.6. The lowest BCUT2D eigenvalue weighted by Crippen LogP contribution is -2.43. The quantitative estimate of drug-likeness (QED) is 0.884. The van der Waals surface area contributed by atoms with Crippen molar-refractivity contribution in [3.63, 3.8) is 0 Å². The summed E-state index contributed by atoms with van der Waals surface area (Å²) in [5, 5.41) is 13.5. The van der Waals surface area contributed by atoms with Crippen LogP contribution in [0.2, 0.25) is 0 Å². The summed E-state index contributed by atoms with van der Waals surface area (Å²) in [6.07, 6.45) is 12.1. The summed E-state index contributed by atoms with van der Waals surface area (Å²) < 4.78 is 1.84. The van der Waals surface area contributed by atoms with E-state index in [1.807, 2.05) is 17.7 Å². The molecular weight excluding hydrogens is 328 g/mol. The van der Waals surface area contributed by atoms with Crippen LogP contribution in [0.5, 0.6) is 0 Å². The van der Waals surface area contributed by atoms with Crippen molar-refractivity contribution < 1.29 is 9.90 Å². The predicted molar refractivity (Wildman–Crippen MR) is 98.3 cm³/mol. The standard InChI is InChI=1S/C20H26N4O2/c1-2-20(26)8-6-15(7-9-20)22-19(25)18-16-5-3-4-14(16)12-17(23-18)24-11-10-21-13-24/h10-13,15,26H,2-9H2,1H3,(H,22,25). The number of amides is 1. The zero-order valence-electron chi connectivity index (χ0n) is 15.2. The molecule has 26 heavy (non-hydrogen) atoms. The Labute approximate surface area is 153 Å². The molecule has 2 aromatic rings. The highest BCUT2D eigenvalue weighted by molar-refractivity contribution is 5.94. The molecule has 2 N–H and O–H groups in total. The first-order valence-corrected chi connectivity index (χ1v) is 9.62. The number of carbonyl (C=O) groups excluding carboxylic acids is 1. The second-order valence-electron chi connectivity index (χ2n) is 7.62. The maximum atomic E-state index is 13.0. The van der Waals surface area contributed by atoms with Gasteiger partial charge in [0.2, 0.25) is 0 Å². The van der Waals surface area contributed by atoms with E-state index in [2.05, 4.69) is 21.4 Å². The molecule has 1 amide bonds. The van der Waals surface area contributed by atoms with E-state index >= 15 is 0 Å². The lowest BCUT2D eigenvalue weighted by Gasteiger charge is -2.35. The monoisotopic (exact) mass is 354 g/mol. The van der Waals surface area contributed by atoms with Gasteiger partial charge in [0.05, 0.1) is 5.60 Å². The van der Waals surface area contributed by atoms with Gasteiger partial charge in [0.15, 0.2) is 0 Å². The second-order valence-corrected chi connectivity index (χ2v) is 7.62. The average molecular weight is 354 g/mol. The molecule has 2 aliphatic carbocycles. The number of carbonyl (C=O) groups is 1. The lowest BCUT2D eigenvalue weighted by molar-refractivity contribution is -0.00654. The lowest BCUT2D eigenvalue weighted by atomic mass is 9.80. The number of hydrogen-bond acceptors (Lipinski definition) is 4. The third-order valence-corrected chi connectivity index (χ3v) is 5.97. The topological polar surface area (TPSA) is 80.0 Å². The van der Waals surface area contributed by atoms with E-state index in [1.165, 1.54) is 5.56 Å². The number of fused-ring (bicyclic) bond motifs is 1. The number of rotatable bonds is 4. The Bertz CT molecular complexity index is 792. The first-order valence-electron chi connectivity index (χ1n) is 9.62. The Morgan fingerprint density at radius 3 is 2.88 bits per heavy atom.